The second kappa shape index (κ2) is 5.57. The molecule has 0 amide bonds. The zero-order valence-corrected chi connectivity index (χ0v) is 12.3. The van der Waals surface area contributed by atoms with Crippen LogP contribution in [0.3, 0.4) is 0 Å². The Kier molecular flexibility index (Phi) is 4.23. The third-order valence-corrected chi connectivity index (χ3v) is 3.55. The van der Waals surface area contributed by atoms with Crippen LogP contribution in [0.5, 0.6) is 0 Å². The van der Waals surface area contributed by atoms with Gasteiger partial charge < -0.3 is 0 Å². The number of benzene rings is 2. The van der Waals surface area contributed by atoms with Gasteiger partial charge in [0.15, 0.2) is 17.4 Å². The maximum absolute atomic E-state index is 13.2. The summed E-state index contributed by atoms with van der Waals surface area (Å²) in [5.41, 5.74) is 0.0302. The lowest BCUT2D eigenvalue weighted by Gasteiger charge is -2.07. The molecule has 0 aromatic heterocycles. The van der Waals surface area contributed by atoms with E-state index in [0.717, 1.165) is 12.1 Å². The molecule has 0 saturated carbocycles. The number of hydrogen-bond donors (Lipinski definition) is 0. The van der Waals surface area contributed by atoms with Crippen molar-refractivity contribution < 1.29 is 13.6 Å². The van der Waals surface area contributed by atoms with E-state index in [0.29, 0.717) is 4.47 Å². The lowest BCUT2D eigenvalue weighted by molar-refractivity contribution is 0.103. The number of ketones is 1. The molecule has 1 nitrogen and oxygen atoms in total. The second-order valence-electron chi connectivity index (χ2n) is 3.70. The lowest BCUT2D eigenvalue weighted by Crippen LogP contribution is -2.04. The highest BCUT2D eigenvalue weighted by Crippen LogP contribution is 2.27. The Labute approximate surface area is 126 Å². The van der Waals surface area contributed by atoms with Gasteiger partial charge >= 0.3 is 0 Å². The molecule has 0 saturated heterocycles. The van der Waals surface area contributed by atoms with Crippen molar-refractivity contribution in [2.75, 3.05) is 0 Å². The van der Waals surface area contributed by atoms with Crippen molar-refractivity contribution >= 4 is 44.9 Å². The predicted molar refractivity (Wildman–Crippen MR) is 74.0 cm³/mol. The molecule has 0 N–H and O–H groups in total. The number of rotatable bonds is 2. The summed E-state index contributed by atoms with van der Waals surface area (Å²) < 4.78 is 26.8. The summed E-state index contributed by atoms with van der Waals surface area (Å²) in [6.07, 6.45) is 0. The molecule has 0 fully saturated rings. The molecule has 0 atom stereocenters. The third kappa shape index (κ3) is 2.96. The maximum Gasteiger partial charge on any atom is 0.196 e. The summed E-state index contributed by atoms with van der Waals surface area (Å²) in [4.78, 5) is 12.2. The number of carbonyl (C=O) groups is 1. The van der Waals surface area contributed by atoms with Gasteiger partial charge in [0, 0.05) is 15.6 Å². The minimum absolute atomic E-state index is 0.134. The highest BCUT2D eigenvalue weighted by Gasteiger charge is 2.18. The molecule has 2 aromatic carbocycles. The lowest BCUT2D eigenvalue weighted by atomic mass is 10.0. The van der Waals surface area contributed by atoms with Gasteiger partial charge in [0.25, 0.3) is 0 Å². The van der Waals surface area contributed by atoms with Gasteiger partial charge in [0.2, 0.25) is 0 Å². The minimum atomic E-state index is -1.14. The topological polar surface area (TPSA) is 17.1 Å². The molecule has 6 heteroatoms. The van der Waals surface area contributed by atoms with E-state index < -0.39 is 17.4 Å². The van der Waals surface area contributed by atoms with Crippen LogP contribution in [0.15, 0.2) is 34.8 Å². The molecule has 98 valence electrons. The van der Waals surface area contributed by atoms with Gasteiger partial charge in [-0.15, -0.1) is 0 Å². The summed E-state index contributed by atoms with van der Waals surface area (Å²) in [6, 6.07) is 6.15. The van der Waals surface area contributed by atoms with E-state index in [4.69, 9.17) is 23.2 Å². The van der Waals surface area contributed by atoms with E-state index >= 15 is 0 Å². The van der Waals surface area contributed by atoms with Crippen LogP contribution in [0.4, 0.5) is 8.78 Å². The molecule has 0 bridgehead atoms. The van der Waals surface area contributed by atoms with Crippen LogP contribution in [0.1, 0.15) is 15.9 Å². The summed E-state index contributed by atoms with van der Waals surface area (Å²) in [6.45, 7) is 0. The molecular weight excluding hydrogens is 361 g/mol. The van der Waals surface area contributed by atoms with Crippen molar-refractivity contribution in [2.24, 2.45) is 0 Å². The van der Waals surface area contributed by atoms with Crippen LogP contribution in [-0.4, -0.2) is 5.78 Å². The van der Waals surface area contributed by atoms with Crippen molar-refractivity contribution in [1.29, 1.82) is 0 Å². The summed E-state index contributed by atoms with van der Waals surface area (Å²) in [5.74, 6) is -2.81. The smallest absolute Gasteiger partial charge is 0.196 e. The highest BCUT2D eigenvalue weighted by molar-refractivity contribution is 9.10. The number of halogens is 5. The molecule has 0 spiro atoms. The first kappa shape index (κ1) is 14.4. The van der Waals surface area contributed by atoms with Crippen LogP contribution in [-0.2, 0) is 0 Å². The Bertz CT molecular complexity index is 674. The summed E-state index contributed by atoms with van der Waals surface area (Å²) in [7, 11) is 0. The Balaban J connectivity index is 2.53. The fourth-order valence-corrected chi connectivity index (χ4v) is 2.51. The second-order valence-corrected chi connectivity index (χ2v) is 5.43. The molecule has 19 heavy (non-hydrogen) atoms. The molecule has 0 heterocycles. The Morgan fingerprint density at radius 1 is 0.947 bits per heavy atom. The van der Waals surface area contributed by atoms with Crippen molar-refractivity contribution in [1.82, 2.24) is 0 Å². The van der Waals surface area contributed by atoms with E-state index in [1.807, 2.05) is 0 Å². The van der Waals surface area contributed by atoms with Crippen molar-refractivity contribution in [3.8, 4) is 0 Å². The highest BCUT2D eigenvalue weighted by atomic mass is 79.9. The monoisotopic (exact) mass is 364 g/mol. The minimum Gasteiger partial charge on any atom is -0.288 e. The summed E-state index contributed by atoms with van der Waals surface area (Å²) >= 11 is 14.9. The van der Waals surface area contributed by atoms with Crippen molar-refractivity contribution in [3.05, 3.63) is 67.6 Å². The standard InChI is InChI=1S/C13H5BrCl2F2O/c14-6-1-2-7(9(15)3-6)13(19)8-4-11(17)12(18)5-10(8)16/h1-5H. The van der Waals surface area contributed by atoms with Gasteiger partial charge in [-0.05, 0) is 30.3 Å². The van der Waals surface area contributed by atoms with Gasteiger partial charge in [-0.3, -0.25) is 4.79 Å². The first-order valence-corrected chi connectivity index (χ1v) is 6.59. The number of hydrogen-bond acceptors (Lipinski definition) is 1. The van der Waals surface area contributed by atoms with E-state index in [1.165, 1.54) is 12.1 Å². The molecule has 0 unspecified atom stereocenters. The van der Waals surface area contributed by atoms with Crippen LogP contribution in [0, 0.1) is 11.6 Å². The van der Waals surface area contributed by atoms with Gasteiger partial charge in [-0.2, -0.15) is 0 Å². The molecule has 0 aliphatic heterocycles. The normalized spacial score (nSPS) is 10.6. The summed E-state index contributed by atoms with van der Waals surface area (Å²) in [5, 5.41) is 0.0306. The van der Waals surface area contributed by atoms with E-state index in [9.17, 15) is 13.6 Å². The van der Waals surface area contributed by atoms with Gasteiger partial charge in [-0.25, -0.2) is 8.78 Å². The van der Waals surface area contributed by atoms with Crippen LogP contribution >= 0.6 is 39.1 Å². The predicted octanol–water partition coefficient (Wildman–Crippen LogP) is 5.27. The van der Waals surface area contributed by atoms with Crippen molar-refractivity contribution in [3.63, 3.8) is 0 Å². The van der Waals surface area contributed by atoms with Gasteiger partial charge in [-0.1, -0.05) is 39.1 Å². The largest absolute Gasteiger partial charge is 0.288 e. The van der Waals surface area contributed by atoms with Crippen LogP contribution in [0.25, 0.3) is 0 Å². The molecule has 0 aliphatic carbocycles. The zero-order chi connectivity index (χ0) is 14.2. The SMILES string of the molecule is O=C(c1ccc(Br)cc1Cl)c1cc(F)c(F)cc1Cl. The van der Waals surface area contributed by atoms with E-state index in [2.05, 4.69) is 15.9 Å². The molecule has 2 rings (SSSR count). The first-order chi connectivity index (χ1) is 8.90. The zero-order valence-electron chi connectivity index (χ0n) is 9.18. The molecule has 2 aromatic rings. The fourth-order valence-electron chi connectivity index (χ4n) is 1.52. The van der Waals surface area contributed by atoms with E-state index in [-0.39, 0.29) is 21.2 Å². The average Bonchev–Trinajstić information content (AvgIpc) is 2.33. The van der Waals surface area contributed by atoms with Gasteiger partial charge in [0.1, 0.15) is 0 Å². The van der Waals surface area contributed by atoms with Crippen LogP contribution < -0.4 is 0 Å². The van der Waals surface area contributed by atoms with Crippen LogP contribution in [0.2, 0.25) is 10.0 Å². The Morgan fingerprint density at radius 2 is 1.53 bits per heavy atom. The number of carbonyl (C=O) groups excluding carboxylic acids is 1. The van der Waals surface area contributed by atoms with E-state index in [1.54, 1.807) is 6.07 Å². The molecule has 0 aliphatic rings. The maximum atomic E-state index is 13.2. The quantitative estimate of drug-likeness (QED) is 0.523. The molecule has 0 radical (unpaired) electrons. The Hall–Kier alpha value is -0.970. The van der Waals surface area contributed by atoms with Gasteiger partial charge in [0.05, 0.1) is 10.0 Å². The van der Waals surface area contributed by atoms with Crippen molar-refractivity contribution in [2.45, 2.75) is 0 Å². The molecular formula is C13H5BrCl2F2O. The first-order valence-electron chi connectivity index (χ1n) is 5.04. The average molecular weight is 366 g/mol. The fraction of sp³-hybridized carbons (Fsp3) is 0. The Morgan fingerprint density at radius 3 is 2.16 bits per heavy atom. The third-order valence-electron chi connectivity index (χ3n) is 2.43.